The summed E-state index contributed by atoms with van der Waals surface area (Å²) in [6.45, 7) is 3.41. The Morgan fingerprint density at radius 1 is 1.05 bits per heavy atom. The molecule has 2 aliphatic heterocycles. The molecule has 2 heterocycles. The van der Waals surface area contributed by atoms with Crippen molar-refractivity contribution in [3.63, 3.8) is 0 Å². The zero-order chi connectivity index (χ0) is 28.8. The lowest BCUT2D eigenvalue weighted by molar-refractivity contribution is -0.133. The van der Waals surface area contributed by atoms with Crippen molar-refractivity contribution in [2.75, 3.05) is 53.0 Å². The lowest BCUT2D eigenvalue weighted by Gasteiger charge is -2.31. The normalized spacial score (nSPS) is 17.3. The predicted molar refractivity (Wildman–Crippen MR) is 155 cm³/mol. The molecule has 2 aliphatic rings. The summed E-state index contributed by atoms with van der Waals surface area (Å²) < 4.78 is 25.8. The van der Waals surface area contributed by atoms with Crippen LogP contribution in [0, 0.1) is 5.82 Å². The molecule has 3 aromatic rings. The molecule has 0 N–H and O–H groups in total. The summed E-state index contributed by atoms with van der Waals surface area (Å²) in [5.74, 6) is -0.560. The van der Waals surface area contributed by atoms with Gasteiger partial charge in [0.2, 0.25) is 0 Å². The van der Waals surface area contributed by atoms with E-state index in [-0.39, 0.29) is 12.5 Å². The molecule has 0 bridgehead atoms. The highest BCUT2D eigenvalue weighted by molar-refractivity contribution is 6.33. The molecule has 5 rings (SSSR count). The van der Waals surface area contributed by atoms with Crippen molar-refractivity contribution in [2.24, 2.45) is 5.10 Å². The molecule has 0 spiro atoms. The zero-order valence-electron chi connectivity index (χ0n) is 22.8. The van der Waals surface area contributed by atoms with Crippen LogP contribution in [0.1, 0.15) is 33.9 Å². The highest BCUT2D eigenvalue weighted by Gasteiger charge is 2.36. The van der Waals surface area contributed by atoms with Gasteiger partial charge in [0.1, 0.15) is 18.1 Å². The van der Waals surface area contributed by atoms with Gasteiger partial charge in [-0.25, -0.2) is 9.40 Å². The molecular weight excluding hydrogens is 547 g/mol. The zero-order valence-corrected chi connectivity index (χ0v) is 23.6. The van der Waals surface area contributed by atoms with Gasteiger partial charge in [0.15, 0.2) is 0 Å². The smallest absolute Gasteiger partial charge is 0.262 e. The highest BCUT2D eigenvalue weighted by atomic mass is 35.5. The number of benzene rings is 3. The number of hydrazone groups is 1. The van der Waals surface area contributed by atoms with Gasteiger partial charge in [0.25, 0.3) is 11.8 Å². The molecular formula is C31H32ClFN4O4. The number of amides is 2. The maximum atomic E-state index is 14.8. The van der Waals surface area contributed by atoms with Crippen LogP contribution in [0.2, 0.25) is 5.02 Å². The lowest BCUT2D eigenvalue weighted by Crippen LogP contribution is -2.46. The van der Waals surface area contributed by atoms with Gasteiger partial charge >= 0.3 is 0 Å². The van der Waals surface area contributed by atoms with Crippen molar-refractivity contribution >= 4 is 29.1 Å². The van der Waals surface area contributed by atoms with Gasteiger partial charge in [-0.2, -0.15) is 5.10 Å². The van der Waals surface area contributed by atoms with E-state index < -0.39 is 17.8 Å². The van der Waals surface area contributed by atoms with E-state index in [2.05, 4.69) is 10.0 Å². The molecule has 0 aliphatic carbocycles. The van der Waals surface area contributed by atoms with Crippen molar-refractivity contribution in [1.29, 1.82) is 0 Å². The number of ether oxygens (including phenoxy) is 2. The second-order valence-corrected chi connectivity index (χ2v) is 10.3. The molecule has 10 heteroatoms. The third-order valence-electron chi connectivity index (χ3n) is 7.36. The molecule has 0 saturated carbocycles. The van der Waals surface area contributed by atoms with Crippen molar-refractivity contribution < 1.29 is 23.5 Å². The fourth-order valence-electron chi connectivity index (χ4n) is 5.16. The number of carbonyl (C=O) groups is 2. The number of methoxy groups -OCH3 is 1. The minimum atomic E-state index is -0.537. The summed E-state index contributed by atoms with van der Waals surface area (Å²) >= 11 is 6.37. The van der Waals surface area contributed by atoms with Gasteiger partial charge in [-0.1, -0.05) is 60.1 Å². The van der Waals surface area contributed by atoms with Gasteiger partial charge in [0.05, 0.1) is 42.7 Å². The van der Waals surface area contributed by atoms with E-state index in [1.807, 2.05) is 24.3 Å². The molecule has 41 heavy (non-hydrogen) atoms. The fraction of sp³-hybridized carbons (Fsp3) is 0.323. The number of carbonyl (C=O) groups excluding carboxylic acids is 2. The van der Waals surface area contributed by atoms with Gasteiger partial charge < -0.3 is 14.4 Å². The van der Waals surface area contributed by atoms with Crippen LogP contribution in [0.3, 0.4) is 0 Å². The number of hydrogen-bond donors (Lipinski definition) is 0. The van der Waals surface area contributed by atoms with E-state index in [1.54, 1.807) is 49.6 Å². The molecule has 1 saturated heterocycles. The second-order valence-electron chi connectivity index (χ2n) is 9.89. The Morgan fingerprint density at radius 2 is 1.76 bits per heavy atom. The van der Waals surface area contributed by atoms with Gasteiger partial charge in [-0.15, -0.1) is 0 Å². The Morgan fingerprint density at radius 3 is 2.51 bits per heavy atom. The maximum Gasteiger partial charge on any atom is 0.262 e. The van der Waals surface area contributed by atoms with Crippen LogP contribution < -0.4 is 4.74 Å². The van der Waals surface area contributed by atoms with Crippen LogP contribution >= 0.6 is 11.6 Å². The second kappa shape index (κ2) is 13.2. The van der Waals surface area contributed by atoms with Crippen LogP contribution in [0.15, 0.2) is 77.9 Å². The van der Waals surface area contributed by atoms with Crippen LogP contribution in [0.4, 0.5) is 4.39 Å². The van der Waals surface area contributed by atoms with Gasteiger partial charge in [0, 0.05) is 43.7 Å². The van der Waals surface area contributed by atoms with Crippen molar-refractivity contribution in [3.8, 4) is 5.75 Å². The molecule has 3 aromatic carbocycles. The van der Waals surface area contributed by atoms with Crippen molar-refractivity contribution in [1.82, 2.24) is 14.8 Å². The number of nitrogens with zero attached hydrogens (tertiary/aromatic N) is 4. The van der Waals surface area contributed by atoms with Crippen molar-refractivity contribution in [2.45, 2.75) is 12.5 Å². The fourth-order valence-corrected chi connectivity index (χ4v) is 5.38. The third kappa shape index (κ3) is 6.59. The van der Waals surface area contributed by atoms with E-state index in [0.717, 1.165) is 18.7 Å². The quantitative estimate of drug-likeness (QED) is 0.370. The average molecular weight is 579 g/mol. The molecule has 1 fully saturated rings. The van der Waals surface area contributed by atoms with E-state index in [9.17, 15) is 14.0 Å². The molecule has 214 valence electrons. The van der Waals surface area contributed by atoms with E-state index in [4.69, 9.17) is 21.1 Å². The topological polar surface area (TPSA) is 74.7 Å². The Balaban J connectivity index is 1.45. The Labute approximate surface area is 243 Å². The first-order chi connectivity index (χ1) is 20.0. The van der Waals surface area contributed by atoms with Crippen LogP contribution in [0.5, 0.6) is 5.75 Å². The van der Waals surface area contributed by atoms with Crippen LogP contribution in [0.25, 0.3) is 0 Å². The number of rotatable bonds is 9. The summed E-state index contributed by atoms with van der Waals surface area (Å²) in [4.78, 5) is 31.4. The van der Waals surface area contributed by atoms with E-state index in [0.29, 0.717) is 60.3 Å². The summed E-state index contributed by atoms with van der Waals surface area (Å²) in [6, 6.07) is 20.0. The molecule has 0 unspecified atom stereocenters. The largest absolute Gasteiger partial charge is 0.496 e. The lowest BCUT2D eigenvalue weighted by atomic mass is 9.97. The summed E-state index contributed by atoms with van der Waals surface area (Å²) in [7, 11) is 1.56. The molecule has 8 nitrogen and oxygen atoms in total. The van der Waals surface area contributed by atoms with E-state index in [1.165, 1.54) is 16.0 Å². The standard InChI is InChI=1S/C31H32ClFN4O4/c1-40-29-13-7-4-10-24(29)28-20-27(23-9-3-6-12-26(23)33)34-37(28)30(38)21-36(15-14-35-16-18-41-19-17-35)31(39)22-8-2-5-11-25(22)32/h2-13,28H,14-21H2,1H3/t28-/m0/s1. The monoisotopic (exact) mass is 578 g/mol. The molecule has 0 radical (unpaired) electrons. The summed E-state index contributed by atoms with van der Waals surface area (Å²) in [6.07, 6.45) is 0.291. The number of morpholine rings is 1. The van der Waals surface area contributed by atoms with Gasteiger partial charge in [-0.3, -0.25) is 14.5 Å². The number of hydrogen-bond acceptors (Lipinski definition) is 6. The first-order valence-corrected chi connectivity index (χ1v) is 14.0. The predicted octanol–water partition coefficient (Wildman–Crippen LogP) is 4.64. The number of halogens is 2. The van der Waals surface area contributed by atoms with Crippen LogP contribution in [-0.2, 0) is 9.53 Å². The first kappa shape index (κ1) is 28.7. The molecule has 2 amide bonds. The minimum absolute atomic E-state index is 0.228. The van der Waals surface area contributed by atoms with Gasteiger partial charge in [-0.05, 0) is 24.3 Å². The minimum Gasteiger partial charge on any atom is -0.496 e. The van der Waals surface area contributed by atoms with E-state index >= 15 is 0 Å². The third-order valence-corrected chi connectivity index (χ3v) is 7.69. The average Bonchev–Trinajstić information content (AvgIpc) is 3.45. The summed E-state index contributed by atoms with van der Waals surface area (Å²) in [5, 5.41) is 6.30. The Kier molecular flexibility index (Phi) is 9.28. The van der Waals surface area contributed by atoms with Crippen molar-refractivity contribution in [3.05, 3.63) is 100 Å². The summed E-state index contributed by atoms with van der Waals surface area (Å²) in [5.41, 5.74) is 1.85. The molecule has 1 atom stereocenters. The Bertz CT molecular complexity index is 1430. The highest BCUT2D eigenvalue weighted by Crippen LogP contribution is 2.38. The molecule has 0 aromatic heterocycles. The maximum absolute atomic E-state index is 14.8. The Hall–Kier alpha value is -3.79. The number of para-hydroxylation sites is 1. The SMILES string of the molecule is COc1ccccc1[C@@H]1CC(c2ccccc2F)=NN1C(=O)CN(CCN1CCOCC1)C(=O)c1ccccc1Cl. The van der Waals surface area contributed by atoms with Crippen LogP contribution in [-0.4, -0.2) is 85.4 Å². The first-order valence-electron chi connectivity index (χ1n) is 13.6.